The summed E-state index contributed by atoms with van der Waals surface area (Å²) in [7, 11) is 5.36. The number of hydrogen-bond donors (Lipinski definition) is 1. The molecular formula is C16H23N5O2. The summed E-state index contributed by atoms with van der Waals surface area (Å²) >= 11 is 0. The minimum atomic E-state index is -0.0966. The molecular weight excluding hydrogens is 294 g/mol. The summed E-state index contributed by atoms with van der Waals surface area (Å²) in [6, 6.07) is 5.65. The topological polar surface area (TPSA) is 72.3 Å². The van der Waals surface area contributed by atoms with Crippen LogP contribution < -0.4 is 5.32 Å². The molecule has 2 aromatic heterocycles. The lowest BCUT2D eigenvalue weighted by Gasteiger charge is -2.26. The van der Waals surface area contributed by atoms with Gasteiger partial charge in [-0.25, -0.2) is 0 Å². The van der Waals surface area contributed by atoms with Crippen LogP contribution >= 0.6 is 0 Å². The van der Waals surface area contributed by atoms with Crippen LogP contribution in [0.15, 0.2) is 30.6 Å². The number of pyridine rings is 1. The number of ether oxygens (including phenoxy) is 1. The van der Waals surface area contributed by atoms with E-state index in [9.17, 15) is 4.79 Å². The van der Waals surface area contributed by atoms with Gasteiger partial charge in [-0.3, -0.25) is 19.4 Å². The average molecular weight is 317 g/mol. The molecule has 124 valence electrons. The minimum absolute atomic E-state index is 0.0815. The first-order valence-electron chi connectivity index (χ1n) is 7.41. The Balaban J connectivity index is 2.02. The van der Waals surface area contributed by atoms with Crippen LogP contribution in [0.2, 0.25) is 0 Å². The standard InChI is InChI=1S/C16H23N5O2/c1-12-14(9-18-21(12)3)19-16(22)10-20(2)15(11-23-4)13-7-5-6-8-17-13/h5-9,15H,10-11H2,1-4H3,(H,19,22)/t15-/m0/s1. The molecule has 1 N–H and O–H groups in total. The van der Waals surface area contributed by atoms with Crippen molar-refractivity contribution in [2.75, 3.05) is 32.6 Å². The lowest BCUT2D eigenvalue weighted by Crippen LogP contribution is -2.35. The molecule has 0 unspecified atom stereocenters. The number of aromatic nitrogens is 3. The van der Waals surface area contributed by atoms with E-state index in [1.807, 2.05) is 44.1 Å². The molecule has 2 rings (SSSR count). The van der Waals surface area contributed by atoms with E-state index in [4.69, 9.17) is 4.74 Å². The van der Waals surface area contributed by atoms with Crippen molar-refractivity contribution in [1.29, 1.82) is 0 Å². The van der Waals surface area contributed by atoms with Crippen molar-refractivity contribution in [3.05, 3.63) is 42.0 Å². The molecule has 2 heterocycles. The van der Waals surface area contributed by atoms with Gasteiger partial charge in [0.05, 0.1) is 42.5 Å². The van der Waals surface area contributed by atoms with Crippen molar-refractivity contribution in [1.82, 2.24) is 19.7 Å². The van der Waals surface area contributed by atoms with Gasteiger partial charge >= 0.3 is 0 Å². The van der Waals surface area contributed by atoms with Crippen molar-refractivity contribution < 1.29 is 9.53 Å². The number of nitrogens with zero attached hydrogens (tertiary/aromatic N) is 4. The predicted octanol–water partition coefficient (Wildman–Crippen LogP) is 1.38. The van der Waals surface area contributed by atoms with Gasteiger partial charge in [-0.2, -0.15) is 5.10 Å². The van der Waals surface area contributed by atoms with Crippen LogP contribution in [0.4, 0.5) is 5.69 Å². The number of hydrogen-bond acceptors (Lipinski definition) is 5. The summed E-state index contributed by atoms with van der Waals surface area (Å²) in [4.78, 5) is 18.6. The number of anilines is 1. The molecule has 23 heavy (non-hydrogen) atoms. The first-order chi connectivity index (χ1) is 11.0. The number of rotatable bonds is 7. The summed E-state index contributed by atoms with van der Waals surface area (Å²) in [6.07, 6.45) is 3.39. The van der Waals surface area contributed by atoms with Crippen molar-refractivity contribution in [2.24, 2.45) is 7.05 Å². The molecule has 1 amide bonds. The normalized spacial score (nSPS) is 12.4. The summed E-state index contributed by atoms with van der Waals surface area (Å²) in [6.45, 7) is 2.61. The van der Waals surface area contributed by atoms with Crippen molar-refractivity contribution in [3.8, 4) is 0 Å². The van der Waals surface area contributed by atoms with Gasteiger partial charge in [0, 0.05) is 20.4 Å². The van der Waals surface area contributed by atoms with Crippen LogP contribution in [-0.2, 0) is 16.6 Å². The van der Waals surface area contributed by atoms with E-state index in [0.717, 1.165) is 17.1 Å². The Bertz CT molecular complexity index is 641. The fraction of sp³-hybridized carbons (Fsp3) is 0.438. The number of carbonyl (C=O) groups is 1. The number of methoxy groups -OCH3 is 1. The second-order valence-corrected chi connectivity index (χ2v) is 5.46. The molecule has 0 aliphatic carbocycles. The van der Waals surface area contributed by atoms with Crippen LogP contribution in [0.1, 0.15) is 17.4 Å². The van der Waals surface area contributed by atoms with Crippen molar-refractivity contribution in [3.63, 3.8) is 0 Å². The second kappa shape index (κ2) is 7.85. The highest BCUT2D eigenvalue weighted by Gasteiger charge is 2.21. The predicted molar refractivity (Wildman–Crippen MR) is 88.1 cm³/mol. The quantitative estimate of drug-likeness (QED) is 0.835. The van der Waals surface area contributed by atoms with Gasteiger partial charge in [-0.15, -0.1) is 0 Å². The van der Waals surface area contributed by atoms with E-state index >= 15 is 0 Å². The SMILES string of the molecule is COC[C@@H](c1ccccn1)N(C)CC(=O)Nc1cnn(C)c1C. The third-order valence-corrected chi connectivity index (χ3v) is 3.79. The molecule has 0 saturated heterocycles. The Morgan fingerprint density at radius 3 is 2.83 bits per heavy atom. The third kappa shape index (κ3) is 4.37. The van der Waals surface area contributed by atoms with Gasteiger partial charge in [0.2, 0.25) is 5.91 Å². The maximum atomic E-state index is 12.3. The van der Waals surface area contributed by atoms with E-state index in [1.165, 1.54) is 0 Å². The molecule has 0 aliphatic rings. The zero-order chi connectivity index (χ0) is 16.8. The Hall–Kier alpha value is -2.25. The van der Waals surface area contributed by atoms with Gasteiger partial charge in [0.1, 0.15) is 0 Å². The third-order valence-electron chi connectivity index (χ3n) is 3.79. The van der Waals surface area contributed by atoms with Crippen molar-refractivity contribution in [2.45, 2.75) is 13.0 Å². The first-order valence-corrected chi connectivity index (χ1v) is 7.41. The van der Waals surface area contributed by atoms with Gasteiger partial charge in [0.25, 0.3) is 0 Å². The fourth-order valence-electron chi connectivity index (χ4n) is 2.32. The van der Waals surface area contributed by atoms with Crippen LogP contribution in [-0.4, -0.2) is 52.9 Å². The molecule has 0 radical (unpaired) electrons. The van der Waals surface area contributed by atoms with E-state index in [2.05, 4.69) is 15.4 Å². The van der Waals surface area contributed by atoms with Crippen LogP contribution in [0.3, 0.4) is 0 Å². The summed E-state index contributed by atoms with van der Waals surface area (Å²) in [5.74, 6) is -0.0966. The molecule has 0 bridgehead atoms. The van der Waals surface area contributed by atoms with E-state index in [0.29, 0.717) is 6.61 Å². The monoisotopic (exact) mass is 317 g/mol. The molecule has 0 fully saturated rings. The van der Waals surface area contributed by atoms with Gasteiger partial charge in [-0.1, -0.05) is 6.07 Å². The lowest BCUT2D eigenvalue weighted by molar-refractivity contribution is -0.117. The fourth-order valence-corrected chi connectivity index (χ4v) is 2.32. The van der Waals surface area contributed by atoms with E-state index < -0.39 is 0 Å². The van der Waals surface area contributed by atoms with Gasteiger partial charge in [0.15, 0.2) is 0 Å². The molecule has 2 aromatic rings. The number of aryl methyl sites for hydroxylation is 1. The highest BCUT2D eigenvalue weighted by Crippen LogP contribution is 2.18. The van der Waals surface area contributed by atoms with Crippen molar-refractivity contribution >= 4 is 11.6 Å². The molecule has 7 heteroatoms. The maximum Gasteiger partial charge on any atom is 0.238 e. The molecule has 7 nitrogen and oxygen atoms in total. The maximum absolute atomic E-state index is 12.3. The minimum Gasteiger partial charge on any atom is -0.383 e. The Morgan fingerprint density at radius 1 is 1.48 bits per heavy atom. The zero-order valence-corrected chi connectivity index (χ0v) is 14.0. The zero-order valence-electron chi connectivity index (χ0n) is 14.0. The summed E-state index contributed by atoms with van der Waals surface area (Å²) in [5.41, 5.74) is 2.52. The molecule has 0 aromatic carbocycles. The van der Waals surface area contributed by atoms with E-state index in [-0.39, 0.29) is 18.5 Å². The van der Waals surface area contributed by atoms with Crippen LogP contribution in [0.5, 0.6) is 0 Å². The first kappa shape index (κ1) is 17.1. The molecule has 0 aliphatic heterocycles. The number of nitrogens with one attached hydrogen (secondary N) is 1. The Labute approximate surface area is 136 Å². The number of amides is 1. The average Bonchev–Trinajstić information content (AvgIpc) is 2.85. The highest BCUT2D eigenvalue weighted by atomic mass is 16.5. The van der Waals surface area contributed by atoms with E-state index in [1.54, 1.807) is 24.2 Å². The largest absolute Gasteiger partial charge is 0.383 e. The molecule has 0 saturated carbocycles. The Kier molecular flexibility index (Phi) is 5.84. The summed E-state index contributed by atoms with van der Waals surface area (Å²) < 4.78 is 7.00. The second-order valence-electron chi connectivity index (χ2n) is 5.46. The lowest BCUT2D eigenvalue weighted by atomic mass is 10.1. The molecule has 0 spiro atoms. The van der Waals surface area contributed by atoms with Crippen LogP contribution in [0, 0.1) is 6.92 Å². The number of carbonyl (C=O) groups excluding carboxylic acids is 1. The van der Waals surface area contributed by atoms with Gasteiger partial charge in [-0.05, 0) is 26.1 Å². The highest BCUT2D eigenvalue weighted by molar-refractivity contribution is 5.92. The number of likely N-dealkylation sites (N-methyl/N-ethyl adjacent to an activating group) is 1. The van der Waals surface area contributed by atoms with Gasteiger partial charge < -0.3 is 10.1 Å². The Morgan fingerprint density at radius 2 is 2.26 bits per heavy atom. The summed E-state index contributed by atoms with van der Waals surface area (Å²) in [5, 5.41) is 7.00. The van der Waals surface area contributed by atoms with Crippen LogP contribution in [0.25, 0.3) is 0 Å². The molecule has 1 atom stereocenters. The smallest absolute Gasteiger partial charge is 0.238 e.